The topological polar surface area (TPSA) is 42.0 Å². The van der Waals surface area contributed by atoms with E-state index in [1.165, 1.54) is 0 Å². The molecular formula is C14H14N2O. The number of hydrogen-bond acceptors (Lipinski definition) is 2. The second kappa shape index (κ2) is 3.84. The zero-order chi connectivity index (χ0) is 11.8. The number of aromatic nitrogens is 1. The predicted octanol–water partition coefficient (Wildman–Crippen LogP) is 2.89. The summed E-state index contributed by atoms with van der Waals surface area (Å²) in [7, 11) is 0. The van der Waals surface area contributed by atoms with Gasteiger partial charge in [-0.3, -0.25) is 9.78 Å². The van der Waals surface area contributed by atoms with E-state index in [4.69, 9.17) is 0 Å². The summed E-state index contributed by atoms with van der Waals surface area (Å²) >= 11 is 0. The van der Waals surface area contributed by atoms with Gasteiger partial charge in [-0.15, -0.1) is 0 Å². The number of fused-ring (bicyclic) bond motifs is 1. The fourth-order valence-electron chi connectivity index (χ4n) is 2.02. The third-order valence-electron chi connectivity index (χ3n) is 3.06. The van der Waals surface area contributed by atoms with Crippen LogP contribution in [0.5, 0.6) is 0 Å². The molecule has 0 saturated heterocycles. The van der Waals surface area contributed by atoms with E-state index < -0.39 is 0 Å². The molecule has 0 unspecified atom stereocenters. The average molecular weight is 226 g/mol. The van der Waals surface area contributed by atoms with Crippen molar-refractivity contribution >= 4 is 22.5 Å². The van der Waals surface area contributed by atoms with Crippen molar-refractivity contribution in [3.63, 3.8) is 0 Å². The minimum atomic E-state index is 0.127. The van der Waals surface area contributed by atoms with E-state index >= 15 is 0 Å². The van der Waals surface area contributed by atoms with Gasteiger partial charge in [0.1, 0.15) is 0 Å². The van der Waals surface area contributed by atoms with Gasteiger partial charge >= 0.3 is 0 Å². The van der Waals surface area contributed by atoms with Gasteiger partial charge in [0.15, 0.2) is 0 Å². The lowest BCUT2D eigenvalue weighted by Gasteiger charge is -2.08. The quantitative estimate of drug-likeness (QED) is 0.855. The lowest BCUT2D eigenvalue weighted by molar-refractivity contribution is -0.117. The van der Waals surface area contributed by atoms with Gasteiger partial charge in [-0.2, -0.15) is 0 Å². The second-order valence-electron chi connectivity index (χ2n) is 4.65. The molecule has 2 aromatic rings. The standard InChI is InChI=1S/C14H14N2O/c1-9-7-11-3-2-6-15-13(11)12(8-9)16-14(17)10-4-5-10/h2-3,6-8,10H,4-5H2,1H3,(H,16,17). The van der Waals surface area contributed by atoms with E-state index in [0.29, 0.717) is 0 Å². The van der Waals surface area contributed by atoms with E-state index in [1.54, 1.807) is 6.20 Å². The molecule has 1 heterocycles. The molecule has 17 heavy (non-hydrogen) atoms. The lowest BCUT2D eigenvalue weighted by atomic mass is 10.1. The molecule has 1 fully saturated rings. The van der Waals surface area contributed by atoms with Crippen LogP contribution >= 0.6 is 0 Å². The fourth-order valence-corrected chi connectivity index (χ4v) is 2.02. The molecule has 0 atom stereocenters. The van der Waals surface area contributed by atoms with Gasteiger partial charge in [0.2, 0.25) is 5.91 Å². The summed E-state index contributed by atoms with van der Waals surface area (Å²) in [6.07, 6.45) is 3.79. The summed E-state index contributed by atoms with van der Waals surface area (Å²) in [4.78, 5) is 16.1. The van der Waals surface area contributed by atoms with Gasteiger partial charge in [-0.05, 0) is 43.5 Å². The Labute approximate surface area is 99.9 Å². The molecule has 1 aliphatic carbocycles. The molecule has 1 amide bonds. The Bertz CT molecular complexity index is 588. The van der Waals surface area contributed by atoms with Crippen LogP contribution in [0.1, 0.15) is 18.4 Å². The number of pyridine rings is 1. The minimum absolute atomic E-state index is 0.127. The number of nitrogens with zero attached hydrogens (tertiary/aromatic N) is 1. The van der Waals surface area contributed by atoms with Gasteiger partial charge in [0.05, 0.1) is 11.2 Å². The monoisotopic (exact) mass is 226 g/mol. The van der Waals surface area contributed by atoms with Crippen molar-refractivity contribution in [2.24, 2.45) is 5.92 Å². The Morgan fingerprint density at radius 3 is 3.00 bits per heavy atom. The van der Waals surface area contributed by atoms with Gasteiger partial charge in [0, 0.05) is 17.5 Å². The number of amides is 1. The molecule has 1 aromatic carbocycles. The summed E-state index contributed by atoms with van der Waals surface area (Å²) in [6, 6.07) is 7.99. The van der Waals surface area contributed by atoms with Crippen molar-refractivity contribution in [3.8, 4) is 0 Å². The second-order valence-corrected chi connectivity index (χ2v) is 4.65. The van der Waals surface area contributed by atoms with Crippen molar-refractivity contribution in [1.82, 2.24) is 4.98 Å². The average Bonchev–Trinajstić information content (AvgIpc) is 3.12. The number of rotatable bonds is 2. The summed E-state index contributed by atoms with van der Waals surface area (Å²) in [6.45, 7) is 2.03. The predicted molar refractivity (Wildman–Crippen MR) is 67.8 cm³/mol. The summed E-state index contributed by atoms with van der Waals surface area (Å²) < 4.78 is 0. The number of benzene rings is 1. The highest BCUT2D eigenvalue weighted by molar-refractivity contribution is 6.02. The van der Waals surface area contributed by atoms with Crippen LogP contribution in [0.25, 0.3) is 10.9 Å². The van der Waals surface area contributed by atoms with Crippen molar-refractivity contribution in [1.29, 1.82) is 0 Å². The Kier molecular flexibility index (Phi) is 2.32. The third-order valence-corrected chi connectivity index (χ3v) is 3.06. The highest BCUT2D eigenvalue weighted by Crippen LogP contribution is 2.31. The van der Waals surface area contributed by atoms with Gasteiger partial charge < -0.3 is 5.32 Å². The molecule has 1 aliphatic rings. The summed E-state index contributed by atoms with van der Waals surface area (Å²) in [5.41, 5.74) is 2.83. The molecule has 0 spiro atoms. The van der Waals surface area contributed by atoms with Crippen LogP contribution in [0.4, 0.5) is 5.69 Å². The Hall–Kier alpha value is -1.90. The first kappa shape index (κ1) is 10.3. The Morgan fingerprint density at radius 1 is 1.41 bits per heavy atom. The zero-order valence-corrected chi connectivity index (χ0v) is 9.73. The SMILES string of the molecule is Cc1cc(NC(=O)C2CC2)c2ncccc2c1. The third kappa shape index (κ3) is 2.00. The highest BCUT2D eigenvalue weighted by atomic mass is 16.2. The number of carbonyl (C=O) groups excluding carboxylic acids is 1. The van der Waals surface area contributed by atoms with E-state index in [2.05, 4.69) is 16.4 Å². The van der Waals surface area contributed by atoms with Crippen molar-refractivity contribution < 1.29 is 4.79 Å². The molecular weight excluding hydrogens is 212 g/mol. The van der Waals surface area contributed by atoms with Gasteiger partial charge in [-0.1, -0.05) is 6.07 Å². The van der Waals surface area contributed by atoms with Crippen LogP contribution in [0.3, 0.4) is 0 Å². The Balaban J connectivity index is 2.04. The summed E-state index contributed by atoms with van der Waals surface area (Å²) in [5, 5.41) is 4.05. The molecule has 0 bridgehead atoms. The number of carbonyl (C=O) groups is 1. The fraction of sp³-hybridized carbons (Fsp3) is 0.286. The maximum absolute atomic E-state index is 11.8. The van der Waals surface area contributed by atoms with Crippen LogP contribution in [-0.2, 0) is 4.79 Å². The van der Waals surface area contributed by atoms with Crippen molar-refractivity contribution in [3.05, 3.63) is 36.0 Å². The van der Waals surface area contributed by atoms with Crippen molar-refractivity contribution in [2.75, 3.05) is 5.32 Å². The number of anilines is 1. The molecule has 3 nitrogen and oxygen atoms in total. The van der Waals surface area contributed by atoms with Gasteiger partial charge in [0.25, 0.3) is 0 Å². The summed E-state index contributed by atoms with van der Waals surface area (Å²) in [5.74, 6) is 0.344. The van der Waals surface area contributed by atoms with Crippen molar-refractivity contribution in [2.45, 2.75) is 19.8 Å². The largest absolute Gasteiger partial charge is 0.324 e. The van der Waals surface area contributed by atoms with Crippen LogP contribution < -0.4 is 5.32 Å². The molecule has 1 saturated carbocycles. The molecule has 0 radical (unpaired) electrons. The maximum Gasteiger partial charge on any atom is 0.227 e. The number of nitrogens with one attached hydrogen (secondary N) is 1. The highest BCUT2D eigenvalue weighted by Gasteiger charge is 2.29. The van der Waals surface area contributed by atoms with Crippen LogP contribution in [0.15, 0.2) is 30.5 Å². The molecule has 3 heteroatoms. The van der Waals surface area contributed by atoms with Crippen LogP contribution in [0, 0.1) is 12.8 Å². The van der Waals surface area contributed by atoms with Gasteiger partial charge in [-0.25, -0.2) is 0 Å². The minimum Gasteiger partial charge on any atom is -0.324 e. The van der Waals surface area contributed by atoms with E-state index in [9.17, 15) is 4.79 Å². The first-order valence-corrected chi connectivity index (χ1v) is 5.90. The van der Waals surface area contributed by atoms with Crippen LogP contribution in [0.2, 0.25) is 0 Å². The number of aryl methyl sites for hydroxylation is 1. The van der Waals surface area contributed by atoms with E-state index in [0.717, 1.165) is 35.0 Å². The molecule has 1 N–H and O–H groups in total. The lowest BCUT2D eigenvalue weighted by Crippen LogP contribution is -2.13. The number of hydrogen-bond donors (Lipinski definition) is 1. The Morgan fingerprint density at radius 2 is 2.24 bits per heavy atom. The molecule has 3 rings (SSSR count). The first-order chi connectivity index (χ1) is 8.24. The molecule has 86 valence electrons. The van der Waals surface area contributed by atoms with E-state index in [1.807, 2.05) is 25.1 Å². The van der Waals surface area contributed by atoms with E-state index in [-0.39, 0.29) is 11.8 Å². The normalized spacial score (nSPS) is 14.9. The molecule has 0 aliphatic heterocycles. The van der Waals surface area contributed by atoms with Crippen LogP contribution in [-0.4, -0.2) is 10.9 Å². The molecule has 1 aromatic heterocycles. The first-order valence-electron chi connectivity index (χ1n) is 5.90. The zero-order valence-electron chi connectivity index (χ0n) is 9.73. The maximum atomic E-state index is 11.8. The smallest absolute Gasteiger partial charge is 0.227 e.